The van der Waals surface area contributed by atoms with Crippen LogP contribution in [0.3, 0.4) is 0 Å². The third kappa shape index (κ3) is 1.39. The van der Waals surface area contributed by atoms with Crippen LogP contribution < -0.4 is 0 Å². The molecular formula is C18H16FN3. The second kappa shape index (κ2) is 4.13. The molecule has 1 saturated carbocycles. The van der Waals surface area contributed by atoms with Gasteiger partial charge in [0.2, 0.25) is 0 Å². The van der Waals surface area contributed by atoms with E-state index < -0.39 is 5.41 Å². The van der Waals surface area contributed by atoms with Gasteiger partial charge in [0.1, 0.15) is 11.2 Å². The minimum absolute atomic E-state index is 0.146. The van der Waals surface area contributed by atoms with E-state index in [1.807, 2.05) is 6.07 Å². The van der Waals surface area contributed by atoms with E-state index in [0.29, 0.717) is 17.2 Å². The Labute approximate surface area is 128 Å². The van der Waals surface area contributed by atoms with Crippen molar-refractivity contribution >= 4 is 0 Å². The minimum atomic E-state index is -0.548. The lowest BCUT2D eigenvalue weighted by atomic mass is 9.69. The van der Waals surface area contributed by atoms with E-state index in [1.54, 1.807) is 18.2 Å². The van der Waals surface area contributed by atoms with Crippen molar-refractivity contribution in [2.24, 2.45) is 5.41 Å². The Bertz CT molecular complexity index is 821. The van der Waals surface area contributed by atoms with Gasteiger partial charge in [0.05, 0.1) is 17.5 Å². The fraction of sp³-hybridized carbons (Fsp3) is 0.389. The molecule has 1 fully saturated rings. The monoisotopic (exact) mass is 293 g/mol. The van der Waals surface area contributed by atoms with Crippen molar-refractivity contribution in [1.29, 1.82) is 5.26 Å². The molecule has 2 bridgehead atoms. The van der Waals surface area contributed by atoms with Gasteiger partial charge in [-0.15, -0.1) is 0 Å². The molecule has 0 spiro atoms. The average Bonchev–Trinajstić information content (AvgIpc) is 2.89. The summed E-state index contributed by atoms with van der Waals surface area (Å²) in [5.41, 5.74) is 2.19. The SMILES string of the molecule is CC1(C)[C@@H]2CC[C@@]1(C#N)c1nnc(-c3ccccc3F)cc12. The summed E-state index contributed by atoms with van der Waals surface area (Å²) in [6.45, 7) is 4.27. The van der Waals surface area contributed by atoms with E-state index in [1.165, 1.54) is 6.07 Å². The van der Waals surface area contributed by atoms with Gasteiger partial charge in [0, 0.05) is 5.56 Å². The second-order valence-corrected chi connectivity index (χ2v) is 6.84. The van der Waals surface area contributed by atoms with Crippen LogP contribution in [0.5, 0.6) is 0 Å². The van der Waals surface area contributed by atoms with E-state index in [-0.39, 0.29) is 11.2 Å². The van der Waals surface area contributed by atoms with Crippen LogP contribution in [0.25, 0.3) is 11.3 Å². The fourth-order valence-corrected chi connectivity index (χ4v) is 4.37. The minimum Gasteiger partial charge on any atom is -0.206 e. The van der Waals surface area contributed by atoms with Crippen LogP contribution in [0, 0.1) is 22.6 Å². The predicted molar refractivity (Wildman–Crippen MR) is 80.5 cm³/mol. The first-order chi connectivity index (χ1) is 10.5. The number of hydrogen-bond acceptors (Lipinski definition) is 3. The number of nitriles is 1. The molecule has 0 unspecified atom stereocenters. The Balaban J connectivity index is 1.92. The molecule has 0 radical (unpaired) electrons. The summed E-state index contributed by atoms with van der Waals surface area (Å²) >= 11 is 0. The zero-order chi connectivity index (χ0) is 15.5. The molecule has 0 saturated heterocycles. The maximum absolute atomic E-state index is 14.0. The molecule has 3 nitrogen and oxygen atoms in total. The fourth-order valence-electron chi connectivity index (χ4n) is 4.37. The van der Waals surface area contributed by atoms with Gasteiger partial charge in [-0.2, -0.15) is 15.5 Å². The lowest BCUT2D eigenvalue weighted by Crippen LogP contribution is -2.34. The Kier molecular flexibility index (Phi) is 2.51. The number of fused-ring (bicyclic) bond motifs is 5. The Hall–Kier alpha value is -2.28. The molecule has 0 N–H and O–H groups in total. The molecule has 0 amide bonds. The smallest absolute Gasteiger partial charge is 0.132 e. The number of halogens is 1. The third-order valence-corrected chi connectivity index (χ3v) is 5.72. The molecular weight excluding hydrogens is 277 g/mol. The largest absolute Gasteiger partial charge is 0.206 e. The first kappa shape index (κ1) is 13.4. The molecule has 2 aliphatic carbocycles. The summed E-state index contributed by atoms with van der Waals surface area (Å²) in [4.78, 5) is 0. The zero-order valence-corrected chi connectivity index (χ0v) is 12.6. The van der Waals surface area contributed by atoms with Crippen LogP contribution in [0.4, 0.5) is 4.39 Å². The molecule has 4 rings (SSSR count). The summed E-state index contributed by atoms with van der Waals surface area (Å²) in [6.07, 6.45) is 1.82. The standard InChI is InChI=1S/C18H16FN3/c1-17(2)13-7-8-18(17,10-20)16-12(13)9-15(21-22-16)11-5-3-4-6-14(11)19/h3-6,9,13H,7-8H2,1-2H3/t13-,18-/m1/s1. The first-order valence-corrected chi connectivity index (χ1v) is 7.55. The molecule has 1 aromatic carbocycles. The highest BCUT2D eigenvalue weighted by Crippen LogP contribution is 2.67. The number of aromatic nitrogens is 2. The number of rotatable bonds is 1. The first-order valence-electron chi connectivity index (χ1n) is 7.55. The summed E-state index contributed by atoms with van der Waals surface area (Å²) in [5, 5.41) is 18.4. The molecule has 2 aliphatic rings. The summed E-state index contributed by atoms with van der Waals surface area (Å²) in [7, 11) is 0. The van der Waals surface area contributed by atoms with E-state index in [0.717, 1.165) is 24.1 Å². The Morgan fingerprint density at radius 1 is 1.27 bits per heavy atom. The number of nitrogens with zero attached hydrogens (tertiary/aromatic N) is 3. The van der Waals surface area contributed by atoms with Gasteiger partial charge in [-0.3, -0.25) is 0 Å². The van der Waals surface area contributed by atoms with Crippen molar-refractivity contribution in [3.05, 3.63) is 47.4 Å². The topological polar surface area (TPSA) is 49.6 Å². The van der Waals surface area contributed by atoms with Gasteiger partial charge in [0.25, 0.3) is 0 Å². The third-order valence-electron chi connectivity index (χ3n) is 5.72. The van der Waals surface area contributed by atoms with Crippen molar-refractivity contribution in [2.45, 2.75) is 38.0 Å². The van der Waals surface area contributed by atoms with Gasteiger partial charge in [0.15, 0.2) is 0 Å². The van der Waals surface area contributed by atoms with Gasteiger partial charge >= 0.3 is 0 Å². The zero-order valence-electron chi connectivity index (χ0n) is 12.6. The van der Waals surface area contributed by atoms with E-state index >= 15 is 0 Å². The molecule has 2 atom stereocenters. The second-order valence-electron chi connectivity index (χ2n) is 6.84. The molecule has 110 valence electrons. The lowest BCUT2D eigenvalue weighted by molar-refractivity contribution is 0.263. The van der Waals surface area contributed by atoms with Gasteiger partial charge < -0.3 is 0 Å². The van der Waals surface area contributed by atoms with E-state index in [2.05, 4.69) is 30.1 Å². The molecule has 0 aliphatic heterocycles. The maximum atomic E-state index is 14.0. The van der Waals surface area contributed by atoms with E-state index in [9.17, 15) is 9.65 Å². The maximum Gasteiger partial charge on any atom is 0.132 e. The summed E-state index contributed by atoms with van der Waals surface area (Å²) in [5.74, 6) is -0.00247. The normalized spacial score (nSPS) is 27.5. The predicted octanol–water partition coefficient (Wildman–Crippen LogP) is 3.96. The molecule has 4 heteroatoms. The van der Waals surface area contributed by atoms with Gasteiger partial charge in [-0.25, -0.2) is 4.39 Å². The van der Waals surface area contributed by atoms with Crippen molar-refractivity contribution in [1.82, 2.24) is 10.2 Å². The van der Waals surface area contributed by atoms with Crippen molar-refractivity contribution in [2.75, 3.05) is 0 Å². The summed E-state index contributed by atoms with van der Waals surface area (Å²) < 4.78 is 14.0. The van der Waals surface area contributed by atoms with Crippen LogP contribution in [0.15, 0.2) is 30.3 Å². The highest BCUT2D eigenvalue weighted by molar-refractivity contribution is 5.63. The van der Waals surface area contributed by atoms with Crippen LogP contribution in [0.2, 0.25) is 0 Å². The lowest BCUT2D eigenvalue weighted by Gasteiger charge is -2.30. The van der Waals surface area contributed by atoms with Crippen LogP contribution in [-0.4, -0.2) is 10.2 Å². The van der Waals surface area contributed by atoms with Gasteiger partial charge in [-0.05, 0) is 47.9 Å². The summed E-state index contributed by atoms with van der Waals surface area (Å²) in [6, 6.07) is 11.0. The van der Waals surface area contributed by atoms with Crippen LogP contribution in [-0.2, 0) is 5.41 Å². The Morgan fingerprint density at radius 2 is 2.05 bits per heavy atom. The molecule has 2 aromatic rings. The quantitative estimate of drug-likeness (QED) is 0.799. The van der Waals surface area contributed by atoms with Crippen molar-refractivity contribution in [3.63, 3.8) is 0 Å². The van der Waals surface area contributed by atoms with Crippen LogP contribution in [0.1, 0.15) is 43.9 Å². The van der Waals surface area contributed by atoms with Crippen molar-refractivity contribution in [3.8, 4) is 17.3 Å². The molecule has 22 heavy (non-hydrogen) atoms. The van der Waals surface area contributed by atoms with Crippen LogP contribution >= 0.6 is 0 Å². The number of benzene rings is 1. The highest BCUT2D eigenvalue weighted by atomic mass is 19.1. The molecule has 1 aromatic heterocycles. The van der Waals surface area contributed by atoms with Crippen molar-refractivity contribution < 1.29 is 4.39 Å². The van der Waals surface area contributed by atoms with E-state index in [4.69, 9.17) is 0 Å². The van der Waals surface area contributed by atoms with Gasteiger partial charge in [-0.1, -0.05) is 26.0 Å². The molecule has 1 heterocycles. The average molecular weight is 293 g/mol. The highest BCUT2D eigenvalue weighted by Gasteiger charge is 2.64. The Morgan fingerprint density at radius 3 is 2.77 bits per heavy atom. The number of hydrogen-bond donors (Lipinski definition) is 0.